The Morgan fingerprint density at radius 3 is 2.76 bits per heavy atom. The molecule has 0 unspecified atom stereocenters. The van der Waals surface area contributed by atoms with E-state index in [1.54, 1.807) is 12.1 Å². The smallest absolute Gasteiger partial charge is 0.276 e. The number of hydrogen-bond donors (Lipinski definition) is 3. The van der Waals surface area contributed by atoms with E-state index in [4.69, 9.17) is 10.5 Å². The van der Waals surface area contributed by atoms with Crippen molar-refractivity contribution in [2.45, 2.75) is 19.8 Å². The van der Waals surface area contributed by atoms with Crippen molar-refractivity contribution >= 4 is 23.2 Å². The monoisotopic (exact) mass is 344 g/mol. The van der Waals surface area contributed by atoms with E-state index in [-0.39, 0.29) is 12.5 Å². The Kier molecular flexibility index (Phi) is 6.82. The number of amides is 1. The number of rotatable bonds is 9. The van der Waals surface area contributed by atoms with E-state index in [9.17, 15) is 4.79 Å². The highest BCUT2D eigenvalue weighted by atomic mass is 16.5. The number of nitrogens with zero attached hydrogens (tertiary/aromatic N) is 3. The van der Waals surface area contributed by atoms with Crippen molar-refractivity contribution in [1.82, 2.24) is 15.4 Å². The number of carbonyl (C=O) groups excluding carboxylic acids is 1. The minimum absolute atomic E-state index is 0.120. The summed E-state index contributed by atoms with van der Waals surface area (Å²) in [5.41, 5.74) is 11.7. The molecule has 2 aromatic rings. The summed E-state index contributed by atoms with van der Waals surface area (Å²) < 4.78 is 5.37. The lowest BCUT2D eigenvalue weighted by molar-refractivity contribution is -0.122. The first-order chi connectivity index (χ1) is 12.1. The quantitative estimate of drug-likeness (QED) is 0.596. The summed E-state index contributed by atoms with van der Waals surface area (Å²) in [5.74, 6) is 1.25. The van der Waals surface area contributed by atoms with Crippen LogP contribution in [-0.2, 0) is 4.79 Å². The van der Waals surface area contributed by atoms with Crippen LogP contribution in [0.3, 0.4) is 0 Å². The van der Waals surface area contributed by atoms with Crippen molar-refractivity contribution in [2.24, 2.45) is 0 Å². The first kappa shape index (κ1) is 18.3. The summed E-state index contributed by atoms with van der Waals surface area (Å²) in [6, 6.07) is 9.11. The standard InChI is InChI=1S/C17H24N6O2/c1-3-4-10-23(2)17-15(18)16(19-12-20-17)22-21-14(24)11-25-13-8-6-5-7-9-13/h5-9,12H,3-4,10-11,18H2,1-2H3,(H,21,24)(H,19,20,22). The van der Waals surface area contributed by atoms with Crippen LogP contribution < -0.4 is 26.2 Å². The molecule has 0 spiro atoms. The molecule has 0 aliphatic heterocycles. The maximum atomic E-state index is 11.9. The second-order valence-corrected chi connectivity index (χ2v) is 5.51. The molecular weight excluding hydrogens is 320 g/mol. The number of anilines is 3. The van der Waals surface area contributed by atoms with E-state index in [1.807, 2.05) is 30.1 Å². The average Bonchev–Trinajstić information content (AvgIpc) is 2.64. The lowest BCUT2D eigenvalue weighted by atomic mass is 10.3. The zero-order chi connectivity index (χ0) is 18.1. The van der Waals surface area contributed by atoms with Crippen LogP contribution in [0.1, 0.15) is 19.8 Å². The van der Waals surface area contributed by atoms with Crippen LogP contribution in [0.2, 0.25) is 0 Å². The highest BCUT2D eigenvalue weighted by Gasteiger charge is 2.12. The molecule has 0 fully saturated rings. The number of ether oxygens (including phenoxy) is 1. The van der Waals surface area contributed by atoms with Gasteiger partial charge in [-0.15, -0.1) is 0 Å². The Balaban J connectivity index is 1.88. The van der Waals surface area contributed by atoms with Crippen LogP contribution in [0.15, 0.2) is 36.7 Å². The van der Waals surface area contributed by atoms with Gasteiger partial charge in [-0.2, -0.15) is 0 Å². The molecule has 0 bridgehead atoms. The van der Waals surface area contributed by atoms with E-state index in [0.717, 1.165) is 19.4 Å². The third-order valence-electron chi connectivity index (χ3n) is 3.50. The highest BCUT2D eigenvalue weighted by Crippen LogP contribution is 2.24. The first-order valence-corrected chi connectivity index (χ1v) is 8.16. The van der Waals surface area contributed by atoms with Gasteiger partial charge in [0.05, 0.1) is 0 Å². The number of unbranched alkanes of at least 4 members (excludes halogenated alkanes) is 1. The number of hydrogen-bond acceptors (Lipinski definition) is 7. The van der Waals surface area contributed by atoms with E-state index in [2.05, 4.69) is 27.7 Å². The molecule has 1 aromatic carbocycles. The van der Waals surface area contributed by atoms with Crippen LogP contribution in [0, 0.1) is 0 Å². The van der Waals surface area contributed by atoms with Gasteiger partial charge in [0.15, 0.2) is 18.2 Å². The predicted molar refractivity (Wildman–Crippen MR) is 98.3 cm³/mol. The molecule has 0 radical (unpaired) electrons. The number of nitrogen functional groups attached to an aromatic ring is 1. The molecule has 0 saturated carbocycles. The van der Waals surface area contributed by atoms with Crippen LogP contribution in [0.25, 0.3) is 0 Å². The van der Waals surface area contributed by atoms with Crippen LogP contribution in [-0.4, -0.2) is 36.1 Å². The number of hydrazine groups is 1. The van der Waals surface area contributed by atoms with Gasteiger partial charge in [-0.3, -0.25) is 15.6 Å². The maximum Gasteiger partial charge on any atom is 0.276 e. The number of carbonyl (C=O) groups is 1. The topological polar surface area (TPSA) is 105 Å². The molecule has 1 amide bonds. The minimum atomic E-state index is -0.345. The maximum absolute atomic E-state index is 11.9. The van der Waals surface area contributed by atoms with E-state index < -0.39 is 0 Å². The fourth-order valence-electron chi connectivity index (χ4n) is 2.12. The molecule has 0 saturated heterocycles. The zero-order valence-corrected chi connectivity index (χ0v) is 14.5. The van der Waals surface area contributed by atoms with Gasteiger partial charge in [0.2, 0.25) is 0 Å². The second-order valence-electron chi connectivity index (χ2n) is 5.51. The molecule has 8 heteroatoms. The molecule has 0 atom stereocenters. The van der Waals surface area contributed by atoms with E-state index >= 15 is 0 Å². The van der Waals surface area contributed by atoms with Gasteiger partial charge in [-0.05, 0) is 18.6 Å². The Morgan fingerprint density at radius 2 is 2.04 bits per heavy atom. The van der Waals surface area contributed by atoms with Crippen molar-refractivity contribution in [1.29, 1.82) is 0 Å². The molecule has 4 N–H and O–H groups in total. The van der Waals surface area contributed by atoms with Gasteiger partial charge in [0.25, 0.3) is 5.91 Å². The lowest BCUT2D eigenvalue weighted by Crippen LogP contribution is -2.34. The summed E-state index contributed by atoms with van der Waals surface area (Å²) in [6.07, 6.45) is 3.53. The predicted octanol–water partition coefficient (Wildman–Crippen LogP) is 1.82. The fraction of sp³-hybridized carbons (Fsp3) is 0.353. The molecule has 134 valence electrons. The largest absolute Gasteiger partial charge is 0.484 e. The van der Waals surface area contributed by atoms with Crippen molar-refractivity contribution in [3.05, 3.63) is 36.7 Å². The van der Waals surface area contributed by atoms with Gasteiger partial charge < -0.3 is 15.4 Å². The summed E-state index contributed by atoms with van der Waals surface area (Å²) in [6.45, 7) is 2.84. The molecular formula is C17H24N6O2. The van der Waals surface area contributed by atoms with Crippen LogP contribution in [0.5, 0.6) is 5.75 Å². The molecule has 25 heavy (non-hydrogen) atoms. The third-order valence-corrected chi connectivity index (χ3v) is 3.50. The van der Waals surface area contributed by atoms with Crippen molar-refractivity contribution in [3.63, 3.8) is 0 Å². The van der Waals surface area contributed by atoms with Crippen LogP contribution in [0.4, 0.5) is 17.3 Å². The molecule has 1 aromatic heterocycles. The summed E-state index contributed by atoms with van der Waals surface area (Å²) in [5, 5.41) is 0. The van der Waals surface area contributed by atoms with E-state index in [0.29, 0.717) is 23.1 Å². The molecule has 1 heterocycles. The van der Waals surface area contributed by atoms with Crippen molar-refractivity contribution < 1.29 is 9.53 Å². The molecule has 2 rings (SSSR count). The average molecular weight is 344 g/mol. The number of nitrogens with one attached hydrogen (secondary N) is 2. The molecule has 0 aliphatic carbocycles. The van der Waals surface area contributed by atoms with Crippen molar-refractivity contribution in [2.75, 3.05) is 36.3 Å². The van der Waals surface area contributed by atoms with Gasteiger partial charge in [-0.1, -0.05) is 31.5 Å². The third kappa shape index (κ3) is 5.52. The Bertz CT molecular complexity index is 680. The SMILES string of the molecule is CCCCN(C)c1ncnc(NNC(=O)COc2ccccc2)c1N. The lowest BCUT2D eigenvalue weighted by Gasteiger charge is -2.20. The Morgan fingerprint density at radius 1 is 1.28 bits per heavy atom. The first-order valence-electron chi connectivity index (χ1n) is 8.16. The molecule has 8 nitrogen and oxygen atoms in total. The summed E-state index contributed by atoms with van der Waals surface area (Å²) >= 11 is 0. The van der Waals surface area contributed by atoms with Gasteiger partial charge in [0.1, 0.15) is 17.8 Å². The van der Waals surface area contributed by atoms with Gasteiger partial charge in [0, 0.05) is 13.6 Å². The van der Waals surface area contributed by atoms with Crippen LogP contribution >= 0.6 is 0 Å². The van der Waals surface area contributed by atoms with Gasteiger partial charge >= 0.3 is 0 Å². The summed E-state index contributed by atoms with van der Waals surface area (Å²) in [7, 11) is 1.92. The Hall–Kier alpha value is -3.03. The number of benzene rings is 1. The second kappa shape index (κ2) is 9.31. The normalized spacial score (nSPS) is 10.2. The fourth-order valence-corrected chi connectivity index (χ4v) is 2.12. The number of aromatic nitrogens is 2. The van der Waals surface area contributed by atoms with Gasteiger partial charge in [-0.25, -0.2) is 9.97 Å². The number of nitrogens with two attached hydrogens (primary N) is 1. The number of para-hydroxylation sites is 1. The van der Waals surface area contributed by atoms with Crippen molar-refractivity contribution in [3.8, 4) is 5.75 Å². The zero-order valence-electron chi connectivity index (χ0n) is 14.5. The summed E-state index contributed by atoms with van der Waals surface area (Å²) in [4.78, 5) is 22.1. The Labute approximate surface area is 147 Å². The molecule has 0 aliphatic rings. The minimum Gasteiger partial charge on any atom is -0.484 e. The van der Waals surface area contributed by atoms with E-state index in [1.165, 1.54) is 6.33 Å². The highest BCUT2D eigenvalue weighted by molar-refractivity contribution is 5.81.